The molecule has 1 aromatic heterocycles. The molecule has 0 aromatic carbocycles. The van der Waals surface area contributed by atoms with E-state index in [1.54, 1.807) is 11.3 Å². The van der Waals surface area contributed by atoms with E-state index in [9.17, 15) is 10.1 Å². The molecule has 4 nitrogen and oxygen atoms in total. The number of carbonyl (C=O) groups is 1. The van der Waals surface area contributed by atoms with E-state index in [0.29, 0.717) is 17.9 Å². The molecule has 1 aliphatic heterocycles. The second kappa shape index (κ2) is 8.13. The van der Waals surface area contributed by atoms with Gasteiger partial charge in [0.1, 0.15) is 11.1 Å². The Bertz CT molecular complexity index is 623. The summed E-state index contributed by atoms with van der Waals surface area (Å²) in [6.45, 7) is 5.31. The molecule has 2 aliphatic rings. The highest BCUT2D eigenvalue weighted by molar-refractivity contribution is 7.16. The van der Waals surface area contributed by atoms with Crippen LogP contribution >= 0.6 is 11.3 Å². The standard InChI is InChI=1S/C19H27N3OS/c1-14-6-7-15-16(13-20)19(24-17(15)12-14)21-18(23)8-11-22-9-4-2-3-5-10-22/h14H,2-12H2,1H3,(H,21,23)/t14-/m0/s1. The number of nitriles is 1. The molecular formula is C19H27N3OS. The van der Waals surface area contributed by atoms with Crippen LogP contribution in [0.1, 0.15) is 61.5 Å². The van der Waals surface area contributed by atoms with Crippen molar-refractivity contribution in [2.24, 2.45) is 5.92 Å². The normalized spacial score (nSPS) is 21.6. The first-order valence-electron chi connectivity index (χ1n) is 9.24. The minimum absolute atomic E-state index is 0.0439. The van der Waals surface area contributed by atoms with Crippen molar-refractivity contribution in [3.05, 3.63) is 16.0 Å². The van der Waals surface area contributed by atoms with E-state index in [1.807, 2.05) is 0 Å². The van der Waals surface area contributed by atoms with E-state index in [4.69, 9.17) is 0 Å². The Morgan fingerprint density at radius 3 is 2.79 bits per heavy atom. The Kier molecular flexibility index (Phi) is 5.91. The third kappa shape index (κ3) is 4.17. The molecule has 0 unspecified atom stereocenters. The number of hydrogen-bond donors (Lipinski definition) is 1. The second-order valence-corrected chi connectivity index (χ2v) is 8.33. The number of amides is 1. The summed E-state index contributed by atoms with van der Waals surface area (Å²) < 4.78 is 0. The van der Waals surface area contributed by atoms with Gasteiger partial charge in [0.05, 0.1) is 5.56 Å². The highest BCUT2D eigenvalue weighted by Crippen LogP contribution is 2.39. The van der Waals surface area contributed by atoms with Gasteiger partial charge in [-0.15, -0.1) is 11.3 Å². The molecule has 0 spiro atoms. The SMILES string of the molecule is C[C@H]1CCc2c(sc(NC(=O)CCN3CCCCCC3)c2C#N)C1. The molecular weight excluding hydrogens is 318 g/mol. The Balaban J connectivity index is 1.59. The third-order valence-electron chi connectivity index (χ3n) is 5.23. The summed E-state index contributed by atoms with van der Waals surface area (Å²) >= 11 is 1.62. The fraction of sp³-hybridized carbons (Fsp3) is 0.684. The first-order valence-corrected chi connectivity index (χ1v) is 10.1. The van der Waals surface area contributed by atoms with Gasteiger partial charge in [-0.3, -0.25) is 4.79 Å². The van der Waals surface area contributed by atoms with E-state index < -0.39 is 0 Å². The fourth-order valence-electron chi connectivity index (χ4n) is 3.77. The number of anilines is 1. The quantitative estimate of drug-likeness (QED) is 0.899. The number of nitrogens with one attached hydrogen (secondary N) is 1. The molecule has 24 heavy (non-hydrogen) atoms. The summed E-state index contributed by atoms with van der Waals surface area (Å²) in [6, 6.07) is 2.32. The van der Waals surface area contributed by atoms with Gasteiger partial charge in [-0.2, -0.15) is 5.26 Å². The zero-order chi connectivity index (χ0) is 16.9. The van der Waals surface area contributed by atoms with E-state index in [2.05, 4.69) is 23.2 Å². The zero-order valence-corrected chi connectivity index (χ0v) is 15.4. The molecule has 0 saturated carbocycles. The summed E-state index contributed by atoms with van der Waals surface area (Å²) in [4.78, 5) is 16.0. The topological polar surface area (TPSA) is 56.1 Å². The second-order valence-electron chi connectivity index (χ2n) is 7.22. The minimum Gasteiger partial charge on any atom is -0.317 e. The summed E-state index contributed by atoms with van der Waals surface area (Å²) in [5, 5.41) is 13.3. The Hall–Kier alpha value is -1.38. The monoisotopic (exact) mass is 345 g/mol. The zero-order valence-electron chi connectivity index (χ0n) is 14.6. The van der Waals surface area contributed by atoms with Crippen molar-refractivity contribution in [1.82, 2.24) is 4.90 Å². The Morgan fingerprint density at radius 2 is 2.08 bits per heavy atom. The van der Waals surface area contributed by atoms with Gasteiger partial charge in [0.2, 0.25) is 5.91 Å². The maximum absolute atomic E-state index is 12.3. The largest absolute Gasteiger partial charge is 0.317 e. The van der Waals surface area contributed by atoms with Crippen LogP contribution in [0.4, 0.5) is 5.00 Å². The van der Waals surface area contributed by atoms with Gasteiger partial charge < -0.3 is 10.2 Å². The van der Waals surface area contributed by atoms with Crippen molar-refractivity contribution in [3.8, 4) is 6.07 Å². The van der Waals surface area contributed by atoms with Crippen LogP contribution < -0.4 is 5.32 Å². The van der Waals surface area contributed by atoms with Gasteiger partial charge in [-0.05, 0) is 56.7 Å². The van der Waals surface area contributed by atoms with Crippen LogP contribution in [-0.4, -0.2) is 30.4 Å². The average molecular weight is 346 g/mol. The van der Waals surface area contributed by atoms with E-state index in [1.165, 1.54) is 36.1 Å². The summed E-state index contributed by atoms with van der Waals surface area (Å²) in [7, 11) is 0. The number of fused-ring (bicyclic) bond motifs is 1. The van der Waals surface area contributed by atoms with Gasteiger partial charge in [-0.1, -0.05) is 19.8 Å². The molecule has 1 amide bonds. The van der Waals surface area contributed by atoms with Crippen LogP contribution in [0.15, 0.2) is 0 Å². The number of hydrogen-bond acceptors (Lipinski definition) is 4. The van der Waals surface area contributed by atoms with Gasteiger partial charge in [-0.25, -0.2) is 0 Å². The molecule has 5 heteroatoms. The van der Waals surface area contributed by atoms with Crippen molar-refractivity contribution >= 4 is 22.2 Å². The predicted molar refractivity (Wildman–Crippen MR) is 98.4 cm³/mol. The lowest BCUT2D eigenvalue weighted by atomic mass is 9.89. The lowest BCUT2D eigenvalue weighted by molar-refractivity contribution is -0.116. The predicted octanol–water partition coefficient (Wildman–Crippen LogP) is 3.95. The van der Waals surface area contributed by atoms with Gasteiger partial charge in [0, 0.05) is 17.8 Å². The highest BCUT2D eigenvalue weighted by atomic mass is 32.1. The molecule has 1 aromatic rings. The number of rotatable bonds is 4. The molecule has 0 bridgehead atoms. The lowest BCUT2D eigenvalue weighted by Crippen LogP contribution is -2.28. The van der Waals surface area contributed by atoms with Crippen LogP contribution in [-0.2, 0) is 17.6 Å². The van der Waals surface area contributed by atoms with Crippen molar-refractivity contribution < 1.29 is 4.79 Å². The van der Waals surface area contributed by atoms with Crippen molar-refractivity contribution in [3.63, 3.8) is 0 Å². The summed E-state index contributed by atoms with van der Waals surface area (Å²) in [5.74, 6) is 0.719. The van der Waals surface area contributed by atoms with Crippen LogP contribution in [0.5, 0.6) is 0 Å². The molecule has 3 rings (SSSR count). The lowest BCUT2D eigenvalue weighted by Gasteiger charge is -2.19. The number of carbonyl (C=O) groups excluding carboxylic acids is 1. The maximum Gasteiger partial charge on any atom is 0.226 e. The fourth-order valence-corrected chi connectivity index (χ4v) is 5.14. The van der Waals surface area contributed by atoms with Crippen molar-refractivity contribution in [2.75, 3.05) is 25.0 Å². The number of nitrogens with zero attached hydrogens (tertiary/aromatic N) is 2. The van der Waals surface area contributed by atoms with E-state index >= 15 is 0 Å². The first-order chi connectivity index (χ1) is 11.7. The van der Waals surface area contributed by atoms with Crippen LogP contribution in [0.2, 0.25) is 0 Å². The Labute approximate surface area is 148 Å². The first kappa shape index (κ1) is 17.4. The van der Waals surface area contributed by atoms with Crippen LogP contribution in [0, 0.1) is 17.2 Å². The van der Waals surface area contributed by atoms with E-state index in [-0.39, 0.29) is 5.91 Å². The number of thiophene rings is 1. The summed E-state index contributed by atoms with van der Waals surface area (Å²) in [5.41, 5.74) is 1.90. The molecule has 1 fully saturated rings. The molecule has 2 heterocycles. The molecule has 0 radical (unpaired) electrons. The van der Waals surface area contributed by atoms with Crippen LogP contribution in [0.3, 0.4) is 0 Å². The average Bonchev–Trinajstić information content (AvgIpc) is 2.73. The summed E-state index contributed by atoms with van der Waals surface area (Å²) in [6.07, 6.45) is 8.79. The van der Waals surface area contributed by atoms with Gasteiger partial charge in [0.15, 0.2) is 0 Å². The molecule has 1 N–H and O–H groups in total. The van der Waals surface area contributed by atoms with Crippen molar-refractivity contribution in [1.29, 1.82) is 5.26 Å². The molecule has 1 saturated heterocycles. The maximum atomic E-state index is 12.3. The molecule has 1 aliphatic carbocycles. The highest BCUT2D eigenvalue weighted by Gasteiger charge is 2.24. The Morgan fingerprint density at radius 1 is 1.33 bits per heavy atom. The van der Waals surface area contributed by atoms with Crippen molar-refractivity contribution in [2.45, 2.75) is 58.3 Å². The molecule has 1 atom stereocenters. The van der Waals surface area contributed by atoms with Crippen LogP contribution in [0.25, 0.3) is 0 Å². The smallest absolute Gasteiger partial charge is 0.226 e. The minimum atomic E-state index is 0.0439. The van der Waals surface area contributed by atoms with Gasteiger partial charge in [0.25, 0.3) is 0 Å². The molecule has 130 valence electrons. The van der Waals surface area contributed by atoms with E-state index in [0.717, 1.165) is 43.9 Å². The third-order valence-corrected chi connectivity index (χ3v) is 6.40. The van der Waals surface area contributed by atoms with Gasteiger partial charge >= 0.3 is 0 Å². The number of likely N-dealkylation sites (tertiary alicyclic amines) is 1.